The van der Waals surface area contributed by atoms with Crippen LogP contribution in [0.2, 0.25) is 5.02 Å². The van der Waals surface area contributed by atoms with Gasteiger partial charge in [-0.3, -0.25) is 4.79 Å². The van der Waals surface area contributed by atoms with Crippen molar-refractivity contribution in [1.82, 2.24) is 5.32 Å². The SMILES string of the molecule is O=CC12CC3CC(C1)CC(NC(=O)c1cccc(Cl)c1)(C3)C2. The third-order valence-electron chi connectivity index (χ3n) is 5.82. The summed E-state index contributed by atoms with van der Waals surface area (Å²) in [6, 6.07) is 7.05. The van der Waals surface area contributed by atoms with E-state index in [0.29, 0.717) is 22.4 Å². The Labute approximate surface area is 135 Å². The summed E-state index contributed by atoms with van der Waals surface area (Å²) in [5.74, 6) is 1.11. The monoisotopic (exact) mass is 317 g/mol. The number of nitrogens with one attached hydrogen (secondary N) is 1. The van der Waals surface area contributed by atoms with Crippen molar-refractivity contribution in [3.8, 4) is 0 Å². The molecular formula is C18H20ClNO2. The molecule has 2 unspecified atom stereocenters. The zero-order valence-corrected chi connectivity index (χ0v) is 13.2. The van der Waals surface area contributed by atoms with E-state index in [1.165, 1.54) is 12.7 Å². The second kappa shape index (κ2) is 4.82. The van der Waals surface area contributed by atoms with Crippen molar-refractivity contribution in [3.63, 3.8) is 0 Å². The Hall–Kier alpha value is -1.35. The molecule has 0 spiro atoms. The Morgan fingerprint density at radius 2 is 1.95 bits per heavy atom. The molecule has 5 rings (SSSR count). The highest BCUT2D eigenvalue weighted by molar-refractivity contribution is 6.30. The average Bonchev–Trinajstić information content (AvgIpc) is 2.45. The summed E-state index contributed by atoms with van der Waals surface area (Å²) in [6.07, 6.45) is 7.28. The quantitative estimate of drug-likeness (QED) is 0.866. The molecule has 1 aromatic carbocycles. The first-order valence-electron chi connectivity index (χ1n) is 8.06. The van der Waals surface area contributed by atoms with Gasteiger partial charge in [0.05, 0.1) is 0 Å². The van der Waals surface area contributed by atoms with E-state index in [1.54, 1.807) is 24.3 Å². The first-order chi connectivity index (χ1) is 10.5. The van der Waals surface area contributed by atoms with Crippen molar-refractivity contribution in [2.24, 2.45) is 17.3 Å². The van der Waals surface area contributed by atoms with E-state index in [4.69, 9.17) is 11.6 Å². The van der Waals surface area contributed by atoms with Gasteiger partial charge in [0.2, 0.25) is 0 Å². The molecule has 4 bridgehead atoms. The van der Waals surface area contributed by atoms with Gasteiger partial charge in [0.1, 0.15) is 6.29 Å². The number of carbonyl (C=O) groups is 2. The van der Waals surface area contributed by atoms with Gasteiger partial charge in [0, 0.05) is 21.5 Å². The maximum Gasteiger partial charge on any atom is 0.251 e. The van der Waals surface area contributed by atoms with Crippen molar-refractivity contribution in [2.45, 2.75) is 44.1 Å². The predicted molar refractivity (Wildman–Crippen MR) is 84.8 cm³/mol. The number of rotatable bonds is 3. The van der Waals surface area contributed by atoms with Crippen LogP contribution in [0.25, 0.3) is 0 Å². The third-order valence-corrected chi connectivity index (χ3v) is 6.06. The van der Waals surface area contributed by atoms with E-state index >= 15 is 0 Å². The number of benzene rings is 1. The first-order valence-corrected chi connectivity index (χ1v) is 8.44. The fourth-order valence-electron chi connectivity index (χ4n) is 5.56. The molecule has 0 aromatic heterocycles. The van der Waals surface area contributed by atoms with Gasteiger partial charge in [-0.25, -0.2) is 0 Å². The number of hydrogen-bond donors (Lipinski definition) is 1. The minimum atomic E-state index is -0.190. The van der Waals surface area contributed by atoms with E-state index in [2.05, 4.69) is 5.32 Å². The molecule has 22 heavy (non-hydrogen) atoms. The van der Waals surface area contributed by atoms with Crippen molar-refractivity contribution >= 4 is 23.8 Å². The molecule has 4 saturated carbocycles. The molecule has 2 atom stereocenters. The van der Waals surface area contributed by atoms with Crippen LogP contribution in [0.15, 0.2) is 24.3 Å². The summed E-state index contributed by atoms with van der Waals surface area (Å²) in [6.45, 7) is 0. The third kappa shape index (κ3) is 2.26. The summed E-state index contributed by atoms with van der Waals surface area (Å²) < 4.78 is 0. The summed E-state index contributed by atoms with van der Waals surface area (Å²) in [5, 5.41) is 3.84. The Bertz CT molecular complexity index is 628. The lowest BCUT2D eigenvalue weighted by atomic mass is 9.47. The van der Waals surface area contributed by atoms with E-state index in [9.17, 15) is 9.59 Å². The highest BCUT2D eigenvalue weighted by Gasteiger charge is 2.58. The summed E-state index contributed by atoms with van der Waals surface area (Å²) in [5.41, 5.74) is 0.221. The minimum Gasteiger partial charge on any atom is -0.347 e. The zero-order chi connectivity index (χ0) is 15.4. The van der Waals surface area contributed by atoms with Crippen LogP contribution in [0.3, 0.4) is 0 Å². The number of amides is 1. The van der Waals surface area contributed by atoms with Gasteiger partial charge in [0.15, 0.2) is 0 Å². The Morgan fingerprint density at radius 3 is 2.59 bits per heavy atom. The minimum absolute atomic E-state index is 0.0644. The van der Waals surface area contributed by atoms with Gasteiger partial charge < -0.3 is 10.1 Å². The number of carbonyl (C=O) groups excluding carboxylic acids is 2. The summed E-state index contributed by atoms with van der Waals surface area (Å²) in [4.78, 5) is 24.3. The fourth-order valence-corrected chi connectivity index (χ4v) is 5.75. The van der Waals surface area contributed by atoms with Gasteiger partial charge in [-0.15, -0.1) is 0 Å². The lowest BCUT2D eigenvalue weighted by molar-refractivity contribution is -0.134. The molecule has 0 radical (unpaired) electrons. The Kier molecular flexibility index (Phi) is 3.12. The molecule has 1 aromatic rings. The lowest BCUT2D eigenvalue weighted by Crippen LogP contribution is -2.63. The zero-order valence-electron chi connectivity index (χ0n) is 12.5. The van der Waals surface area contributed by atoms with E-state index < -0.39 is 0 Å². The standard InChI is InChI=1S/C18H20ClNO2/c19-15-3-1-2-14(5-15)16(22)20-18-8-12-4-13(9-18)7-17(6-12,10-18)11-21/h1-3,5,11-13H,4,6-10H2,(H,20,22). The normalized spacial score (nSPS) is 38.8. The van der Waals surface area contributed by atoms with Crippen LogP contribution in [0.1, 0.15) is 48.9 Å². The van der Waals surface area contributed by atoms with Crippen LogP contribution in [-0.4, -0.2) is 17.7 Å². The molecule has 1 amide bonds. The van der Waals surface area contributed by atoms with Crippen LogP contribution in [0, 0.1) is 17.3 Å². The molecule has 4 heteroatoms. The van der Waals surface area contributed by atoms with E-state index in [0.717, 1.165) is 32.1 Å². The van der Waals surface area contributed by atoms with Crippen LogP contribution < -0.4 is 5.32 Å². The second-order valence-electron chi connectivity index (χ2n) is 7.69. The van der Waals surface area contributed by atoms with Crippen LogP contribution >= 0.6 is 11.6 Å². The van der Waals surface area contributed by atoms with Gasteiger partial charge in [-0.2, -0.15) is 0 Å². The molecule has 3 nitrogen and oxygen atoms in total. The highest BCUT2D eigenvalue weighted by Crippen LogP contribution is 2.60. The second-order valence-corrected chi connectivity index (χ2v) is 8.12. The van der Waals surface area contributed by atoms with Gasteiger partial charge in [0.25, 0.3) is 5.91 Å². The molecule has 4 fully saturated rings. The van der Waals surface area contributed by atoms with Crippen molar-refractivity contribution in [1.29, 1.82) is 0 Å². The van der Waals surface area contributed by atoms with Crippen LogP contribution in [0.5, 0.6) is 0 Å². The highest BCUT2D eigenvalue weighted by atomic mass is 35.5. The molecule has 4 aliphatic rings. The van der Waals surface area contributed by atoms with E-state index in [1.807, 2.05) is 0 Å². The lowest BCUT2D eigenvalue weighted by Gasteiger charge is -2.60. The van der Waals surface area contributed by atoms with Crippen LogP contribution in [-0.2, 0) is 4.79 Å². The van der Waals surface area contributed by atoms with E-state index in [-0.39, 0.29) is 16.9 Å². The largest absolute Gasteiger partial charge is 0.347 e. The van der Waals surface area contributed by atoms with Crippen molar-refractivity contribution in [3.05, 3.63) is 34.9 Å². The smallest absolute Gasteiger partial charge is 0.251 e. The number of aldehydes is 1. The molecule has 0 aliphatic heterocycles. The van der Waals surface area contributed by atoms with Crippen molar-refractivity contribution in [2.75, 3.05) is 0 Å². The predicted octanol–water partition coefficient (Wildman–Crippen LogP) is 3.61. The van der Waals surface area contributed by atoms with Gasteiger partial charge in [-0.05, 0) is 68.6 Å². The molecule has 116 valence electrons. The molecule has 0 heterocycles. The number of halogens is 1. The van der Waals surface area contributed by atoms with Gasteiger partial charge in [-0.1, -0.05) is 17.7 Å². The summed E-state index contributed by atoms with van der Waals surface area (Å²) in [7, 11) is 0. The topological polar surface area (TPSA) is 46.2 Å². The Balaban J connectivity index is 1.60. The molecule has 1 N–H and O–H groups in total. The molecular weight excluding hydrogens is 298 g/mol. The van der Waals surface area contributed by atoms with Gasteiger partial charge >= 0.3 is 0 Å². The van der Waals surface area contributed by atoms with Crippen molar-refractivity contribution < 1.29 is 9.59 Å². The fraction of sp³-hybridized carbons (Fsp3) is 0.556. The summed E-state index contributed by atoms with van der Waals surface area (Å²) >= 11 is 5.98. The number of hydrogen-bond acceptors (Lipinski definition) is 2. The first kappa shape index (κ1) is 14.3. The maximum absolute atomic E-state index is 12.6. The molecule has 0 saturated heterocycles. The molecule has 4 aliphatic carbocycles. The average molecular weight is 318 g/mol. The van der Waals surface area contributed by atoms with Crippen LogP contribution in [0.4, 0.5) is 0 Å². The Morgan fingerprint density at radius 1 is 1.23 bits per heavy atom. The maximum atomic E-state index is 12.6.